The molecule has 1 aromatic rings. The van der Waals surface area contributed by atoms with Crippen molar-refractivity contribution in [3.8, 4) is 0 Å². The third kappa shape index (κ3) is 3.12. The van der Waals surface area contributed by atoms with Crippen LogP contribution in [-0.2, 0) is 6.54 Å². The Morgan fingerprint density at radius 2 is 2.38 bits per heavy atom. The molecule has 0 fully saturated rings. The van der Waals surface area contributed by atoms with Crippen LogP contribution in [0.3, 0.4) is 0 Å². The molecule has 0 amide bonds. The fraction of sp³-hybridized carbons (Fsp3) is 0.500. The van der Waals surface area contributed by atoms with E-state index in [9.17, 15) is 10.1 Å². The first-order valence-electron chi connectivity index (χ1n) is 4.05. The van der Waals surface area contributed by atoms with Gasteiger partial charge in [-0.1, -0.05) is 25.2 Å². The van der Waals surface area contributed by atoms with Crippen molar-refractivity contribution >= 4 is 16.3 Å². The molecule has 1 heterocycles. The van der Waals surface area contributed by atoms with Crippen molar-refractivity contribution in [3.05, 3.63) is 27.1 Å². The molecule has 0 spiro atoms. The second-order valence-electron chi connectivity index (χ2n) is 3.09. The summed E-state index contributed by atoms with van der Waals surface area (Å²) in [6.07, 6.45) is 0. The molecule has 0 radical (unpaired) electrons. The maximum absolute atomic E-state index is 10.3. The number of nitrogens with zero attached hydrogens (tertiary/aromatic N) is 1. The molecular weight excluding hydrogens is 188 g/mol. The van der Waals surface area contributed by atoms with E-state index in [-0.39, 0.29) is 9.92 Å². The van der Waals surface area contributed by atoms with Gasteiger partial charge in [0.05, 0.1) is 4.92 Å². The maximum atomic E-state index is 10.3. The topological polar surface area (TPSA) is 55.2 Å². The average Bonchev–Trinajstić information content (AvgIpc) is 2.48. The van der Waals surface area contributed by atoms with Crippen molar-refractivity contribution in [1.82, 2.24) is 5.32 Å². The summed E-state index contributed by atoms with van der Waals surface area (Å²) in [7, 11) is 0. The third-order valence-corrected chi connectivity index (χ3v) is 2.46. The maximum Gasteiger partial charge on any atom is 0.324 e. The van der Waals surface area contributed by atoms with Crippen LogP contribution >= 0.6 is 11.3 Å². The van der Waals surface area contributed by atoms with Crippen LogP contribution in [0.4, 0.5) is 5.00 Å². The first-order chi connectivity index (χ1) is 6.09. The molecular formula is C8H12N2O2S. The predicted octanol–water partition coefficient (Wildman–Crippen LogP) is 2.15. The van der Waals surface area contributed by atoms with Crippen molar-refractivity contribution in [2.24, 2.45) is 0 Å². The third-order valence-electron chi connectivity index (χ3n) is 1.53. The van der Waals surface area contributed by atoms with Gasteiger partial charge in [0.25, 0.3) is 0 Å². The van der Waals surface area contributed by atoms with E-state index in [1.165, 1.54) is 11.3 Å². The molecule has 0 aromatic carbocycles. The van der Waals surface area contributed by atoms with Crippen molar-refractivity contribution in [3.63, 3.8) is 0 Å². The van der Waals surface area contributed by atoms with Crippen LogP contribution in [0, 0.1) is 10.1 Å². The van der Waals surface area contributed by atoms with Gasteiger partial charge in [-0.2, -0.15) is 0 Å². The molecule has 0 aliphatic rings. The monoisotopic (exact) mass is 200 g/mol. The van der Waals surface area contributed by atoms with Crippen LogP contribution in [0.25, 0.3) is 0 Å². The second-order valence-corrected chi connectivity index (χ2v) is 3.98. The lowest BCUT2D eigenvalue weighted by Gasteiger charge is -2.04. The van der Waals surface area contributed by atoms with Gasteiger partial charge in [0.15, 0.2) is 0 Å². The van der Waals surface area contributed by atoms with Crippen LogP contribution in [0.5, 0.6) is 0 Å². The highest BCUT2D eigenvalue weighted by atomic mass is 32.1. The Morgan fingerprint density at radius 1 is 1.69 bits per heavy atom. The summed E-state index contributed by atoms with van der Waals surface area (Å²) < 4.78 is 0. The lowest BCUT2D eigenvalue weighted by molar-refractivity contribution is -0.380. The Morgan fingerprint density at radius 3 is 2.85 bits per heavy atom. The average molecular weight is 200 g/mol. The van der Waals surface area contributed by atoms with Crippen LogP contribution < -0.4 is 5.32 Å². The Balaban J connectivity index is 2.54. The number of hydrogen-bond acceptors (Lipinski definition) is 4. The minimum Gasteiger partial charge on any atom is -0.310 e. The zero-order valence-electron chi connectivity index (χ0n) is 7.61. The molecule has 0 atom stereocenters. The summed E-state index contributed by atoms with van der Waals surface area (Å²) >= 11 is 1.17. The summed E-state index contributed by atoms with van der Waals surface area (Å²) in [4.78, 5) is 9.99. The van der Waals surface area contributed by atoms with Crippen LogP contribution in [0.2, 0.25) is 0 Å². The summed E-state index contributed by atoms with van der Waals surface area (Å²) in [6, 6.07) is 2.01. The van der Waals surface area contributed by atoms with Crippen LogP contribution in [0.15, 0.2) is 11.4 Å². The number of nitro groups is 1. The van der Waals surface area contributed by atoms with Crippen molar-refractivity contribution in [1.29, 1.82) is 0 Å². The lowest BCUT2D eigenvalue weighted by atomic mass is 10.3. The Labute approximate surface area is 80.7 Å². The molecule has 0 aliphatic heterocycles. The van der Waals surface area contributed by atoms with Crippen molar-refractivity contribution in [2.45, 2.75) is 26.4 Å². The fourth-order valence-electron chi connectivity index (χ4n) is 0.873. The highest BCUT2D eigenvalue weighted by Crippen LogP contribution is 2.22. The molecule has 0 saturated heterocycles. The zero-order chi connectivity index (χ0) is 9.84. The van der Waals surface area contributed by atoms with Gasteiger partial charge in [-0.15, -0.1) is 0 Å². The number of nitrogens with one attached hydrogen (secondary N) is 1. The summed E-state index contributed by atoms with van der Waals surface area (Å²) in [6.45, 7) is 4.78. The van der Waals surface area contributed by atoms with Gasteiger partial charge in [-0.3, -0.25) is 10.1 Å². The second kappa shape index (κ2) is 4.34. The predicted molar refractivity (Wildman–Crippen MR) is 52.9 cm³/mol. The largest absolute Gasteiger partial charge is 0.324 e. The minimum atomic E-state index is -0.358. The van der Waals surface area contributed by atoms with Crippen LogP contribution in [-0.4, -0.2) is 11.0 Å². The van der Waals surface area contributed by atoms with E-state index in [1.54, 1.807) is 6.07 Å². The first kappa shape index (κ1) is 10.1. The Kier molecular flexibility index (Phi) is 3.39. The zero-order valence-corrected chi connectivity index (χ0v) is 8.43. The summed E-state index contributed by atoms with van der Waals surface area (Å²) in [5, 5.41) is 15.6. The molecule has 1 N–H and O–H groups in total. The first-order valence-corrected chi connectivity index (χ1v) is 4.92. The molecule has 1 aromatic heterocycles. The van der Waals surface area contributed by atoms with E-state index in [0.717, 1.165) is 5.56 Å². The molecule has 4 nitrogen and oxygen atoms in total. The van der Waals surface area contributed by atoms with Gasteiger partial charge in [-0.05, 0) is 5.56 Å². The van der Waals surface area contributed by atoms with Gasteiger partial charge < -0.3 is 5.32 Å². The molecule has 72 valence electrons. The quantitative estimate of drug-likeness (QED) is 0.598. The fourth-order valence-corrected chi connectivity index (χ4v) is 1.60. The molecule has 0 saturated carbocycles. The summed E-state index contributed by atoms with van der Waals surface area (Å²) in [5.74, 6) is 0. The number of thiophene rings is 1. The SMILES string of the molecule is CC(C)NCc1csc([N+](=O)[O-])c1. The standard InChI is InChI=1S/C8H12N2O2S/c1-6(2)9-4-7-3-8(10(11)12)13-5-7/h3,5-6,9H,4H2,1-2H3. The van der Waals surface area contributed by atoms with E-state index in [1.807, 2.05) is 19.2 Å². The van der Waals surface area contributed by atoms with Gasteiger partial charge in [-0.25, -0.2) is 0 Å². The van der Waals surface area contributed by atoms with E-state index in [2.05, 4.69) is 5.32 Å². The Hall–Kier alpha value is -0.940. The van der Waals surface area contributed by atoms with Crippen molar-refractivity contribution < 1.29 is 4.92 Å². The number of hydrogen-bond donors (Lipinski definition) is 1. The van der Waals surface area contributed by atoms with Gasteiger partial charge >= 0.3 is 5.00 Å². The highest BCUT2D eigenvalue weighted by Gasteiger charge is 2.08. The highest BCUT2D eigenvalue weighted by molar-refractivity contribution is 7.13. The lowest BCUT2D eigenvalue weighted by Crippen LogP contribution is -2.21. The van der Waals surface area contributed by atoms with Gasteiger partial charge in [0, 0.05) is 24.0 Å². The van der Waals surface area contributed by atoms with Crippen molar-refractivity contribution in [2.75, 3.05) is 0 Å². The van der Waals surface area contributed by atoms with Gasteiger partial charge in [0.1, 0.15) is 0 Å². The van der Waals surface area contributed by atoms with E-state index in [0.29, 0.717) is 12.6 Å². The summed E-state index contributed by atoms with van der Waals surface area (Å²) in [5.41, 5.74) is 0.977. The molecule has 0 bridgehead atoms. The molecule has 0 aliphatic carbocycles. The van der Waals surface area contributed by atoms with E-state index >= 15 is 0 Å². The minimum absolute atomic E-state index is 0.209. The van der Waals surface area contributed by atoms with Crippen LogP contribution in [0.1, 0.15) is 19.4 Å². The Bertz CT molecular complexity index is 296. The van der Waals surface area contributed by atoms with E-state index < -0.39 is 0 Å². The molecule has 13 heavy (non-hydrogen) atoms. The van der Waals surface area contributed by atoms with E-state index in [4.69, 9.17) is 0 Å². The molecule has 0 unspecified atom stereocenters. The van der Waals surface area contributed by atoms with Gasteiger partial charge in [0.2, 0.25) is 0 Å². The smallest absolute Gasteiger partial charge is 0.310 e. The molecule has 5 heteroatoms. The molecule has 1 rings (SSSR count). The number of rotatable bonds is 4. The normalized spacial score (nSPS) is 10.7.